The summed E-state index contributed by atoms with van der Waals surface area (Å²) in [5.74, 6) is -1.03. The minimum atomic E-state index is -0.855. The van der Waals surface area contributed by atoms with E-state index in [1.807, 2.05) is 33.0 Å². The van der Waals surface area contributed by atoms with Crippen LogP contribution in [0.1, 0.15) is 56.8 Å². The normalized spacial score (nSPS) is 11.1. The van der Waals surface area contributed by atoms with Gasteiger partial charge in [-0.15, -0.1) is 0 Å². The monoisotopic (exact) mass is 320 g/mol. The van der Waals surface area contributed by atoms with E-state index in [2.05, 4.69) is 17.1 Å². The summed E-state index contributed by atoms with van der Waals surface area (Å²) in [6.07, 6.45) is 2.72. The maximum atomic E-state index is 12.3. The molecule has 2 N–H and O–H groups in total. The van der Waals surface area contributed by atoms with Gasteiger partial charge in [0, 0.05) is 36.8 Å². The van der Waals surface area contributed by atoms with Gasteiger partial charge in [0.2, 0.25) is 0 Å². The highest BCUT2D eigenvalue weighted by molar-refractivity contribution is 5.95. The van der Waals surface area contributed by atoms with Crippen molar-refractivity contribution < 1.29 is 14.7 Å². The summed E-state index contributed by atoms with van der Waals surface area (Å²) in [4.78, 5) is 25.1. The second-order valence-corrected chi connectivity index (χ2v) is 6.55. The summed E-state index contributed by atoms with van der Waals surface area (Å²) < 4.78 is 0. The number of anilines is 1. The molecule has 0 atom stereocenters. The van der Waals surface area contributed by atoms with E-state index < -0.39 is 11.5 Å². The number of carboxylic acids is 1. The Hall–Kier alpha value is -2.04. The average molecular weight is 320 g/mol. The minimum Gasteiger partial charge on any atom is -0.481 e. The van der Waals surface area contributed by atoms with Gasteiger partial charge in [-0.2, -0.15) is 0 Å². The SMILES string of the molecule is CCCCN(C)c1ccc(C(=O)NC(C)(C)CCC(=O)O)cc1. The van der Waals surface area contributed by atoms with Crippen LogP contribution >= 0.6 is 0 Å². The van der Waals surface area contributed by atoms with Crippen molar-refractivity contribution in [3.63, 3.8) is 0 Å². The van der Waals surface area contributed by atoms with Crippen LogP contribution in [0.15, 0.2) is 24.3 Å². The van der Waals surface area contributed by atoms with Crippen LogP contribution in [0.4, 0.5) is 5.69 Å². The van der Waals surface area contributed by atoms with Crippen molar-refractivity contribution >= 4 is 17.6 Å². The van der Waals surface area contributed by atoms with Crippen molar-refractivity contribution in [1.82, 2.24) is 5.32 Å². The Morgan fingerprint density at radius 1 is 1.22 bits per heavy atom. The first-order valence-electron chi connectivity index (χ1n) is 8.10. The van der Waals surface area contributed by atoms with Crippen LogP contribution < -0.4 is 10.2 Å². The van der Waals surface area contributed by atoms with Gasteiger partial charge < -0.3 is 15.3 Å². The fourth-order valence-corrected chi connectivity index (χ4v) is 2.25. The highest BCUT2D eigenvalue weighted by atomic mass is 16.4. The van der Waals surface area contributed by atoms with Crippen LogP contribution in [0, 0.1) is 0 Å². The Morgan fingerprint density at radius 3 is 2.35 bits per heavy atom. The van der Waals surface area contributed by atoms with Gasteiger partial charge in [0.1, 0.15) is 0 Å². The Kier molecular flexibility index (Phi) is 7.07. The first-order valence-corrected chi connectivity index (χ1v) is 8.10. The molecule has 0 unspecified atom stereocenters. The predicted molar refractivity (Wildman–Crippen MR) is 93.0 cm³/mol. The summed E-state index contributed by atoms with van der Waals surface area (Å²) >= 11 is 0. The van der Waals surface area contributed by atoms with Gasteiger partial charge in [-0.05, 0) is 51.0 Å². The number of rotatable bonds is 9. The Balaban J connectivity index is 2.65. The third-order valence-corrected chi connectivity index (χ3v) is 3.83. The van der Waals surface area contributed by atoms with Crippen LogP contribution in [-0.4, -0.2) is 36.1 Å². The zero-order valence-electron chi connectivity index (χ0n) is 14.6. The molecule has 0 saturated carbocycles. The molecule has 23 heavy (non-hydrogen) atoms. The molecule has 0 heterocycles. The van der Waals surface area contributed by atoms with Crippen molar-refractivity contribution in [3.8, 4) is 0 Å². The lowest BCUT2D eigenvalue weighted by Gasteiger charge is -2.26. The third-order valence-electron chi connectivity index (χ3n) is 3.83. The number of benzene rings is 1. The van der Waals surface area contributed by atoms with E-state index in [0.29, 0.717) is 12.0 Å². The molecule has 0 bridgehead atoms. The van der Waals surface area contributed by atoms with Crippen LogP contribution in [0.25, 0.3) is 0 Å². The standard InChI is InChI=1S/C18H28N2O3/c1-5-6-13-20(4)15-9-7-14(8-10-15)17(23)19-18(2,3)12-11-16(21)22/h7-10H,5-6,11-13H2,1-4H3,(H,19,23)(H,21,22). The number of hydrogen-bond acceptors (Lipinski definition) is 3. The highest BCUT2D eigenvalue weighted by Crippen LogP contribution is 2.16. The molecule has 0 aromatic heterocycles. The van der Waals surface area contributed by atoms with Gasteiger partial charge in [-0.25, -0.2) is 0 Å². The fourth-order valence-electron chi connectivity index (χ4n) is 2.25. The zero-order valence-corrected chi connectivity index (χ0v) is 14.6. The van der Waals surface area contributed by atoms with Crippen molar-refractivity contribution in [2.45, 2.75) is 52.0 Å². The van der Waals surface area contributed by atoms with Gasteiger partial charge in [0.25, 0.3) is 5.91 Å². The Morgan fingerprint density at radius 2 is 1.83 bits per heavy atom. The highest BCUT2D eigenvalue weighted by Gasteiger charge is 2.22. The van der Waals surface area contributed by atoms with Gasteiger partial charge in [0.05, 0.1) is 0 Å². The van der Waals surface area contributed by atoms with Crippen LogP contribution in [0.5, 0.6) is 0 Å². The number of hydrogen-bond donors (Lipinski definition) is 2. The molecule has 0 fully saturated rings. The van der Waals surface area contributed by atoms with E-state index >= 15 is 0 Å². The van der Waals surface area contributed by atoms with E-state index in [1.54, 1.807) is 12.1 Å². The van der Waals surface area contributed by atoms with Crippen molar-refractivity contribution in [1.29, 1.82) is 0 Å². The maximum Gasteiger partial charge on any atom is 0.303 e. The molecule has 1 aromatic rings. The second-order valence-electron chi connectivity index (χ2n) is 6.55. The van der Waals surface area contributed by atoms with E-state index in [0.717, 1.165) is 25.1 Å². The zero-order chi connectivity index (χ0) is 17.5. The Bertz CT molecular complexity index is 524. The van der Waals surface area contributed by atoms with Crippen LogP contribution in [-0.2, 0) is 4.79 Å². The minimum absolute atomic E-state index is 0.0362. The van der Waals surface area contributed by atoms with Gasteiger partial charge in [-0.3, -0.25) is 9.59 Å². The molecule has 128 valence electrons. The van der Waals surface area contributed by atoms with E-state index in [9.17, 15) is 9.59 Å². The Labute approximate surface area is 138 Å². The first-order chi connectivity index (χ1) is 10.7. The van der Waals surface area contributed by atoms with Crippen LogP contribution in [0.2, 0.25) is 0 Å². The van der Waals surface area contributed by atoms with Crippen molar-refractivity contribution in [3.05, 3.63) is 29.8 Å². The molecule has 1 rings (SSSR count). The summed E-state index contributed by atoms with van der Waals surface area (Å²) in [5.41, 5.74) is 1.12. The van der Waals surface area contributed by atoms with Gasteiger partial charge in [-0.1, -0.05) is 13.3 Å². The lowest BCUT2D eigenvalue weighted by atomic mass is 9.97. The molecule has 0 aliphatic carbocycles. The second kappa shape index (κ2) is 8.56. The van der Waals surface area contributed by atoms with Crippen molar-refractivity contribution in [2.75, 3.05) is 18.5 Å². The average Bonchev–Trinajstić information content (AvgIpc) is 2.50. The molecular weight excluding hydrogens is 292 g/mol. The number of unbranched alkanes of at least 4 members (excludes halogenated alkanes) is 1. The van der Waals surface area contributed by atoms with Gasteiger partial charge >= 0.3 is 5.97 Å². The molecule has 5 nitrogen and oxygen atoms in total. The molecule has 1 aromatic carbocycles. The summed E-state index contributed by atoms with van der Waals surface area (Å²) in [6.45, 7) is 6.82. The number of aliphatic carboxylic acids is 1. The van der Waals surface area contributed by atoms with Gasteiger partial charge in [0.15, 0.2) is 0 Å². The molecule has 0 radical (unpaired) electrons. The lowest BCUT2D eigenvalue weighted by Crippen LogP contribution is -2.43. The molecule has 0 saturated heterocycles. The fraction of sp³-hybridized carbons (Fsp3) is 0.556. The molecular formula is C18H28N2O3. The number of amides is 1. The number of carbonyl (C=O) groups excluding carboxylic acids is 1. The van der Waals surface area contributed by atoms with Crippen molar-refractivity contribution in [2.24, 2.45) is 0 Å². The number of carbonyl (C=O) groups is 2. The number of nitrogens with zero attached hydrogens (tertiary/aromatic N) is 1. The van der Waals surface area contributed by atoms with Crippen LogP contribution in [0.3, 0.4) is 0 Å². The molecule has 0 aliphatic rings. The molecule has 0 aliphatic heterocycles. The van der Waals surface area contributed by atoms with E-state index in [1.165, 1.54) is 0 Å². The lowest BCUT2D eigenvalue weighted by molar-refractivity contribution is -0.137. The van der Waals surface area contributed by atoms with E-state index in [-0.39, 0.29) is 12.3 Å². The molecule has 5 heteroatoms. The third kappa shape index (κ3) is 6.72. The maximum absolute atomic E-state index is 12.3. The first kappa shape index (κ1) is 19.0. The molecule has 1 amide bonds. The molecule has 0 spiro atoms. The smallest absolute Gasteiger partial charge is 0.303 e. The number of nitrogens with one attached hydrogen (secondary N) is 1. The predicted octanol–water partition coefficient (Wildman–Crippen LogP) is 3.30. The quantitative estimate of drug-likeness (QED) is 0.732. The summed E-state index contributed by atoms with van der Waals surface area (Å²) in [7, 11) is 2.04. The van der Waals surface area contributed by atoms with E-state index in [4.69, 9.17) is 5.11 Å². The number of carboxylic acid groups (broad SMARTS) is 1. The largest absolute Gasteiger partial charge is 0.481 e. The summed E-state index contributed by atoms with van der Waals surface area (Å²) in [6, 6.07) is 7.49. The topological polar surface area (TPSA) is 69.6 Å². The summed E-state index contributed by atoms with van der Waals surface area (Å²) in [5, 5.41) is 11.6.